The smallest absolute Gasteiger partial charge is 0.0682 e. The minimum atomic E-state index is -0.133. The van der Waals surface area contributed by atoms with E-state index >= 15 is 0 Å². The van der Waals surface area contributed by atoms with Crippen molar-refractivity contribution >= 4 is 0 Å². The standard InChI is InChI=1S/C17H26N4O/c1-2-19-9-15-6-16(22)10-21(15)17(11-19)12-20(13-17)8-14-4-3-5-18-7-14/h3-5,7,15-16,22H,2,6,8-13H2,1H3/t15-,16-/m1/s1. The highest BCUT2D eigenvalue weighted by atomic mass is 16.3. The number of pyridine rings is 1. The number of aliphatic hydroxyl groups excluding tert-OH is 1. The summed E-state index contributed by atoms with van der Waals surface area (Å²) in [4.78, 5) is 11.9. The third-order valence-corrected chi connectivity index (χ3v) is 5.60. The number of fused-ring (bicyclic) bond motifs is 2. The highest BCUT2D eigenvalue weighted by Crippen LogP contribution is 2.39. The summed E-state index contributed by atoms with van der Waals surface area (Å²) in [5.74, 6) is 0. The molecule has 0 aromatic carbocycles. The first-order valence-electron chi connectivity index (χ1n) is 8.47. The third-order valence-electron chi connectivity index (χ3n) is 5.60. The molecule has 0 bridgehead atoms. The molecule has 1 N–H and O–H groups in total. The van der Waals surface area contributed by atoms with Gasteiger partial charge in [0, 0.05) is 57.7 Å². The zero-order chi connectivity index (χ0) is 15.2. The molecule has 0 radical (unpaired) electrons. The molecular formula is C17H26N4O. The van der Waals surface area contributed by atoms with Crippen LogP contribution in [0.5, 0.6) is 0 Å². The maximum absolute atomic E-state index is 10.1. The number of hydrogen-bond donors (Lipinski definition) is 1. The van der Waals surface area contributed by atoms with E-state index in [4.69, 9.17) is 0 Å². The zero-order valence-corrected chi connectivity index (χ0v) is 13.4. The molecule has 2 atom stereocenters. The van der Waals surface area contributed by atoms with Crippen molar-refractivity contribution in [1.82, 2.24) is 19.7 Å². The molecule has 3 aliphatic heterocycles. The second-order valence-corrected chi connectivity index (χ2v) is 7.25. The average molecular weight is 302 g/mol. The normalized spacial score (nSPS) is 32.1. The van der Waals surface area contributed by atoms with Gasteiger partial charge in [-0.25, -0.2) is 0 Å². The van der Waals surface area contributed by atoms with Crippen LogP contribution in [0, 0.1) is 0 Å². The molecule has 1 aromatic heterocycles. The first kappa shape index (κ1) is 14.6. The molecule has 1 aromatic rings. The van der Waals surface area contributed by atoms with Gasteiger partial charge < -0.3 is 10.0 Å². The molecular weight excluding hydrogens is 276 g/mol. The number of aliphatic hydroxyl groups is 1. The van der Waals surface area contributed by atoms with Gasteiger partial charge in [-0.1, -0.05) is 13.0 Å². The summed E-state index contributed by atoms with van der Waals surface area (Å²) in [5, 5.41) is 10.1. The van der Waals surface area contributed by atoms with Crippen LogP contribution < -0.4 is 0 Å². The minimum Gasteiger partial charge on any atom is -0.392 e. The highest BCUT2D eigenvalue weighted by molar-refractivity contribution is 5.16. The van der Waals surface area contributed by atoms with Crippen molar-refractivity contribution in [2.24, 2.45) is 0 Å². The molecule has 5 heteroatoms. The van der Waals surface area contributed by atoms with Crippen molar-refractivity contribution in [2.75, 3.05) is 39.3 Å². The van der Waals surface area contributed by atoms with E-state index in [1.54, 1.807) is 0 Å². The molecule has 0 aliphatic carbocycles. The van der Waals surface area contributed by atoms with Crippen molar-refractivity contribution in [2.45, 2.75) is 37.6 Å². The molecule has 5 nitrogen and oxygen atoms in total. The van der Waals surface area contributed by atoms with Crippen LogP contribution in [0.2, 0.25) is 0 Å². The van der Waals surface area contributed by atoms with Crippen molar-refractivity contribution < 1.29 is 5.11 Å². The zero-order valence-electron chi connectivity index (χ0n) is 13.4. The second-order valence-electron chi connectivity index (χ2n) is 7.25. The fraction of sp³-hybridized carbons (Fsp3) is 0.706. The molecule has 3 aliphatic rings. The maximum Gasteiger partial charge on any atom is 0.0682 e. The lowest BCUT2D eigenvalue weighted by Gasteiger charge is -2.61. The molecule has 120 valence electrons. The predicted octanol–water partition coefficient (Wildman–Crippen LogP) is 0.407. The number of piperazine rings is 1. The van der Waals surface area contributed by atoms with Gasteiger partial charge in [-0.2, -0.15) is 0 Å². The molecule has 0 unspecified atom stereocenters. The van der Waals surface area contributed by atoms with Gasteiger partial charge >= 0.3 is 0 Å². The molecule has 0 amide bonds. The molecule has 3 saturated heterocycles. The summed E-state index contributed by atoms with van der Waals surface area (Å²) in [6, 6.07) is 4.71. The van der Waals surface area contributed by atoms with Crippen molar-refractivity contribution in [1.29, 1.82) is 0 Å². The lowest BCUT2D eigenvalue weighted by atomic mass is 9.83. The largest absolute Gasteiger partial charge is 0.392 e. The van der Waals surface area contributed by atoms with E-state index < -0.39 is 0 Å². The Balaban J connectivity index is 1.45. The van der Waals surface area contributed by atoms with Crippen LogP contribution in [-0.2, 0) is 6.54 Å². The van der Waals surface area contributed by atoms with Gasteiger partial charge in [-0.05, 0) is 24.6 Å². The van der Waals surface area contributed by atoms with Crippen LogP contribution in [0.25, 0.3) is 0 Å². The van der Waals surface area contributed by atoms with E-state index in [-0.39, 0.29) is 11.6 Å². The molecule has 22 heavy (non-hydrogen) atoms. The summed E-state index contributed by atoms with van der Waals surface area (Å²) < 4.78 is 0. The molecule has 4 rings (SSSR count). The fourth-order valence-corrected chi connectivity index (χ4v) is 4.69. The highest BCUT2D eigenvalue weighted by Gasteiger charge is 2.55. The van der Waals surface area contributed by atoms with Gasteiger partial charge in [0.05, 0.1) is 11.6 Å². The van der Waals surface area contributed by atoms with E-state index in [0.717, 1.165) is 52.2 Å². The Bertz CT molecular complexity index is 517. The first-order chi connectivity index (χ1) is 10.7. The van der Waals surface area contributed by atoms with Crippen molar-refractivity contribution in [3.8, 4) is 0 Å². The topological polar surface area (TPSA) is 42.8 Å². The number of hydrogen-bond acceptors (Lipinski definition) is 5. The van der Waals surface area contributed by atoms with E-state index in [2.05, 4.69) is 32.7 Å². The Hall–Kier alpha value is -1.01. The summed E-state index contributed by atoms with van der Waals surface area (Å²) in [5.41, 5.74) is 1.55. The fourth-order valence-electron chi connectivity index (χ4n) is 4.69. The Morgan fingerprint density at radius 2 is 2.09 bits per heavy atom. The quantitative estimate of drug-likeness (QED) is 0.876. The lowest BCUT2D eigenvalue weighted by molar-refractivity contribution is -0.115. The summed E-state index contributed by atoms with van der Waals surface area (Å²) in [6.45, 7) is 9.72. The molecule has 0 saturated carbocycles. The van der Waals surface area contributed by atoms with Gasteiger partial charge in [0.15, 0.2) is 0 Å². The summed E-state index contributed by atoms with van der Waals surface area (Å²) in [7, 11) is 0. The van der Waals surface area contributed by atoms with Gasteiger partial charge in [0.2, 0.25) is 0 Å². The van der Waals surface area contributed by atoms with Crippen LogP contribution >= 0.6 is 0 Å². The van der Waals surface area contributed by atoms with Crippen LogP contribution in [0.4, 0.5) is 0 Å². The van der Waals surface area contributed by atoms with Gasteiger partial charge in [0.1, 0.15) is 0 Å². The Labute approximate surface area is 132 Å². The van der Waals surface area contributed by atoms with E-state index in [0.29, 0.717) is 6.04 Å². The molecule has 4 heterocycles. The van der Waals surface area contributed by atoms with Gasteiger partial charge in [-0.3, -0.25) is 14.8 Å². The summed E-state index contributed by atoms with van der Waals surface area (Å²) >= 11 is 0. The van der Waals surface area contributed by atoms with E-state index in [9.17, 15) is 5.11 Å². The van der Waals surface area contributed by atoms with Crippen LogP contribution in [0.15, 0.2) is 24.5 Å². The number of likely N-dealkylation sites (tertiary alicyclic amines) is 1. The maximum atomic E-state index is 10.1. The number of rotatable bonds is 3. The second kappa shape index (κ2) is 5.57. The SMILES string of the molecule is CCN1C[C@H]2C[C@@H](O)CN2C2(C1)CN(Cc1cccnc1)C2. The third kappa shape index (κ3) is 2.46. The lowest BCUT2D eigenvalue weighted by Crippen LogP contribution is -2.77. The van der Waals surface area contributed by atoms with Crippen LogP contribution in [-0.4, -0.2) is 81.7 Å². The number of nitrogens with zero attached hydrogens (tertiary/aromatic N) is 4. The van der Waals surface area contributed by atoms with Crippen molar-refractivity contribution in [3.63, 3.8) is 0 Å². The minimum absolute atomic E-state index is 0.133. The number of aromatic nitrogens is 1. The summed E-state index contributed by atoms with van der Waals surface area (Å²) in [6.07, 6.45) is 4.61. The van der Waals surface area contributed by atoms with Crippen molar-refractivity contribution in [3.05, 3.63) is 30.1 Å². The Morgan fingerprint density at radius 3 is 2.82 bits per heavy atom. The molecule has 1 spiro atoms. The first-order valence-corrected chi connectivity index (χ1v) is 8.47. The Morgan fingerprint density at radius 1 is 1.27 bits per heavy atom. The average Bonchev–Trinajstić information content (AvgIpc) is 2.87. The molecule has 3 fully saturated rings. The van der Waals surface area contributed by atoms with E-state index in [1.165, 1.54) is 5.56 Å². The van der Waals surface area contributed by atoms with Crippen LogP contribution in [0.1, 0.15) is 18.9 Å². The van der Waals surface area contributed by atoms with E-state index in [1.807, 2.05) is 18.5 Å². The van der Waals surface area contributed by atoms with Crippen LogP contribution in [0.3, 0.4) is 0 Å². The number of likely N-dealkylation sites (N-methyl/N-ethyl adjacent to an activating group) is 1. The monoisotopic (exact) mass is 302 g/mol. The number of β-amino-alcohol motifs (C(OH)–C–C–N with tert-alkyl or cyclic N) is 1. The Kier molecular flexibility index (Phi) is 3.69. The van der Waals surface area contributed by atoms with Gasteiger partial charge in [0.25, 0.3) is 0 Å². The predicted molar refractivity (Wildman–Crippen MR) is 85.5 cm³/mol. The van der Waals surface area contributed by atoms with Gasteiger partial charge in [-0.15, -0.1) is 0 Å².